The number of nitrogens with one attached hydrogen (secondary N) is 1. The Morgan fingerprint density at radius 1 is 1.07 bits per heavy atom. The van der Waals surface area contributed by atoms with Gasteiger partial charge >= 0.3 is 0 Å². The molecule has 2 aliphatic heterocycles. The predicted molar refractivity (Wildman–Crippen MR) is 109 cm³/mol. The zero-order valence-electron chi connectivity index (χ0n) is 15.5. The number of amides is 1. The number of fused-ring (bicyclic) bond motifs is 2. The number of ether oxygens (including phenoxy) is 2. The summed E-state index contributed by atoms with van der Waals surface area (Å²) >= 11 is 1.35. The highest BCUT2D eigenvalue weighted by molar-refractivity contribution is 7.91. The highest BCUT2D eigenvalue weighted by atomic mass is 32.2. The quantitative estimate of drug-likeness (QED) is 0.681. The highest BCUT2D eigenvalue weighted by Crippen LogP contribution is 2.47. The highest BCUT2D eigenvalue weighted by Gasteiger charge is 2.35. The average molecular weight is 428 g/mol. The molecule has 2 aliphatic rings. The molecule has 5 rings (SSSR count). The molecule has 6 nitrogen and oxygen atoms in total. The van der Waals surface area contributed by atoms with Crippen LogP contribution in [0.1, 0.15) is 28.3 Å². The van der Waals surface area contributed by atoms with Gasteiger partial charge in [-0.1, -0.05) is 23.8 Å². The van der Waals surface area contributed by atoms with Crippen molar-refractivity contribution in [3.8, 4) is 11.5 Å². The molecule has 3 aromatic rings. The number of carbonyl (C=O) groups excluding carboxylic acids is 1. The van der Waals surface area contributed by atoms with E-state index in [1.54, 1.807) is 29.6 Å². The van der Waals surface area contributed by atoms with Gasteiger partial charge in [-0.2, -0.15) is 0 Å². The molecular weight excluding hydrogens is 410 g/mol. The number of hydrogen-bond acceptors (Lipinski definition) is 6. The fourth-order valence-corrected chi connectivity index (χ4v) is 6.55. The van der Waals surface area contributed by atoms with E-state index in [0.29, 0.717) is 17.2 Å². The van der Waals surface area contributed by atoms with Gasteiger partial charge in [0, 0.05) is 22.6 Å². The summed E-state index contributed by atoms with van der Waals surface area (Å²) in [6, 6.07) is 12.3. The SMILES string of the molecule is Cc1ccc(S(=O)(=O)c2csc3c2NC(=O)C[C@H]3c2ccc3c(c2)OCO3)cc1. The lowest BCUT2D eigenvalue weighted by atomic mass is 9.90. The lowest BCUT2D eigenvalue weighted by molar-refractivity contribution is -0.116. The first-order valence-electron chi connectivity index (χ1n) is 9.06. The van der Waals surface area contributed by atoms with Gasteiger partial charge < -0.3 is 14.8 Å². The second-order valence-corrected chi connectivity index (χ2v) is 9.90. The standard InChI is InChI=1S/C21H17NO5S2/c1-12-2-5-14(6-3-12)29(24,25)18-10-28-21-15(9-19(23)22-20(18)21)13-4-7-16-17(8-13)27-11-26-16/h2-8,10,15H,9,11H2,1H3,(H,22,23)/t15-/m0/s1. The number of benzene rings is 2. The van der Waals surface area contributed by atoms with Gasteiger partial charge in [0.1, 0.15) is 4.90 Å². The Morgan fingerprint density at radius 3 is 2.62 bits per heavy atom. The Labute approximate surface area is 172 Å². The van der Waals surface area contributed by atoms with Crippen molar-refractivity contribution in [2.24, 2.45) is 0 Å². The number of rotatable bonds is 3. The van der Waals surface area contributed by atoms with Gasteiger partial charge in [0.15, 0.2) is 11.5 Å². The molecular formula is C21H17NO5S2. The predicted octanol–water partition coefficient (Wildman–Crippen LogP) is 4.09. The Kier molecular flexibility index (Phi) is 4.15. The molecule has 148 valence electrons. The molecule has 1 atom stereocenters. The topological polar surface area (TPSA) is 81.7 Å². The van der Waals surface area contributed by atoms with E-state index in [-0.39, 0.29) is 34.8 Å². The Balaban J connectivity index is 1.59. The van der Waals surface area contributed by atoms with E-state index in [1.807, 2.05) is 25.1 Å². The smallest absolute Gasteiger partial charge is 0.231 e. The van der Waals surface area contributed by atoms with Crippen LogP contribution in [0.2, 0.25) is 0 Å². The van der Waals surface area contributed by atoms with Crippen LogP contribution in [0.4, 0.5) is 5.69 Å². The zero-order valence-corrected chi connectivity index (χ0v) is 17.1. The minimum Gasteiger partial charge on any atom is -0.454 e. The first-order valence-corrected chi connectivity index (χ1v) is 11.4. The second kappa shape index (κ2) is 6.60. The van der Waals surface area contributed by atoms with Crippen molar-refractivity contribution >= 4 is 32.8 Å². The Morgan fingerprint density at radius 2 is 1.83 bits per heavy atom. The van der Waals surface area contributed by atoms with Crippen molar-refractivity contribution in [1.82, 2.24) is 0 Å². The molecule has 0 saturated heterocycles. The summed E-state index contributed by atoms with van der Waals surface area (Å²) in [4.78, 5) is 13.6. The number of sulfone groups is 1. The molecule has 1 N–H and O–H groups in total. The summed E-state index contributed by atoms with van der Waals surface area (Å²) in [5, 5.41) is 4.40. The van der Waals surface area contributed by atoms with Gasteiger partial charge in [-0.05, 0) is 36.8 Å². The average Bonchev–Trinajstić information content (AvgIpc) is 3.34. The lowest BCUT2D eigenvalue weighted by Gasteiger charge is -2.24. The molecule has 0 fully saturated rings. The first-order chi connectivity index (χ1) is 13.9. The minimum atomic E-state index is -3.74. The fraction of sp³-hybridized carbons (Fsp3) is 0.190. The summed E-state index contributed by atoms with van der Waals surface area (Å²) in [6.45, 7) is 2.08. The number of thiophene rings is 1. The molecule has 0 saturated carbocycles. The monoisotopic (exact) mass is 427 g/mol. The molecule has 1 aromatic heterocycles. The zero-order chi connectivity index (χ0) is 20.2. The first kappa shape index (κ1) is 18.2. The van der Waals surface area contributed by atoms with Crippen LogP contribution in [0, 0.1) is 6.92 Å². The Bertz CT molecular complexity index is 1230. The van der Waals surface area contributed by atoms with Gasteiger partial charge in [-0.15, -0.1) is 11.3 Å². The van der Waals surface area contributed by atoms with Crippen molar-refractivity contribution in [3.63, 3.8) is 0 Å². The summed E-state index contributed by atoms with van der Waals surface area (Å²) in [5.74, 6) is 0.862. The number of anilines is 1. The lowest BCUT2D eigenvalue weighted by Crippen LogP contribution is -2.23. The third-order valence-electron chi connectivity index (χ3n) is 5.18. The van der Waals surface area contributed by atoms with Gasteiger partial charge in [0.05, 0.1) is 10.6 Å². The maximum Gasteiger partial charge on any atom is 0.231 e. The number of hydrogen-bond donors (Lipinski definition) is 1. The maximum atomic E-state index is 13.2. The molecule has 0 radical (unpaired) electrons. The van der Waals surface area contributed by atoms with Crippen LogP contribution in [0.25, 0.3) is 0 Å². The third kappa shape index (κ3) is 2.99. The fourth-order valence-electron chi connectivity index (χ4n) is 3.65. The molecule has 0 bridgehead atoms. The van der Waals surface area contributed by atoms with Crippen molar-refractivity contribution in [3.05, 3.63) is 63.8 Å². The van der Waals surface area contributed by atoms with Gasteiger partial charge in [-0.3, -0.25) is 4.79 Å². The van der Waals surface area contributed by atoms with Crippen LogP contribution in [0.15, 0.2) is 57.6 Å². The molecule has 0 unspecified atom stereocenters. The van der Waals surface area contributed by atoms with Crippen molar-refractivity contribution < 1.29 is 22.7 Å². The van der Waals surface area contributed by atoms with Crippen LogP contribution in [-0.2, 0) is 14.6 Å². The van der Waals surface area contributed by atoms with E-state index in [1.165, 1.54) is 11.3 Å². The molecule has 29 heavy (non-hydrogen) atoms. The van der Waals surface area contributed by atoms with E-state index in [9.17, 15) is 13.2 Å². The third-order valence-corrected chi connectivity index (χ3v) is 8.22. The van der Waals surface area contributed by atoms with E-state index >= 15 is 0 Å². The molecule has 0 spiro atoms. The second-order valence-electron chi connectivity index (χ2n) is 7.07. The van der Waals surface area contributed by atoms with E-state index in [4.69, 9.17) is 9.47 Å². The van der Waals surface area contributed by atoms with Crippen molar-refractivity contribution in [1.29, 1.82) is 0 Å². The molecule has 1 amide bonds. The van der Waals surface area contributed by atoms with Crippen molar-refractivity contribution in [2.75, 3.05) is 12.1 Å². The van der Waals surface area contributed by atoms with Crippen LogP contribution < -0.4 is 14.8 Å². The van der Waals surface area contributed by atoms with Gasteiger partial charge in [0.25, 0.3) is 0 Å². The molecule has 3 heterocycles. The van der Waals surface area contributed by atoms with E-state index < -0.39 is 9.84 Å². The maximum absolute atomic E-state index is 13.2. The number of carbonyl (C=O) groups is 1. The van der Waals surface area contributed by atoms with E-state index in [0.717, 1.165) is 16.0 Å². The summed E-state index contributed by atoms with van der Waals surface area (Å²) in [5.41, 5.74) is 2.26. The van der Waals surface area contributed by atoms with Gasteiger partial charge in [0.2, 0.25) is 22.5 Å². The molecule has 0 aliphatic carbocycles. The largest absolute Gasteiger partial charge is 0.454 e. The summed E-state index contributed by atoms with van der Waals surface area (Å²) in [7, 11) is -3.74. The van der Waals surface area contributed by atoms with Crippen LogP contribution in [0.5, 0.6) is 11.5 Å². The molecule has 2 aromatic carbocycles. The summed E-state index contributed by atoms with van der Waals surface area (Å²) in [6.07, 6.45) is 0.247. The number of aryl methyl sites for hydroxylation is 1. The van der Waals surface area contributed by atoms with Crippen LogP contribution in [-0.4, -0.2) is 21.1 Å². The minimum absolute atomic E-state index is 0.139. The van der Waals surface area contributed by atoms with Crippen LogP contribution in [0.3, 0.4) is 0 Å². The summed E-state index contributed by atoms with van der Waals surface area (Å²) < 4.78 is 37.2. The van der Waals surface area contributed by atoms with Crippen LogP contribution >= 0.6 is 11.3 Å². The van der Waals surface area contributed by atoms with Crippen molar-refractivity contribution in [2.45, 2.75) is 29.1 Å². The molecule has 8 heteroatoms. The van der Waals surface area contributed by atoms with E-state index in [2.05, 4.69) is 5.32 Å². The Hall–Kier alpha value is -2.84. The normalized spacial score (nSPS) is 17.7. The van der Waals surface area contributed by atoms with Gasteiger partial charge in [-0.25, -0.2) is 8.42 Å².